The lowest BCUT2D eigenvalue weighted by Gasteiger charge is -2.20. The molecule has 0 aromatic heterocycles. The number of ether oxygens (including phenoxy) is 1. The summed E-state index contributed by atoms with van der Waals surface area (Å²) in [5, 5.41) is 3.12. The second-order valence-corrected chi connectivity index (χ2v) is 5.07. The predicted octanol–water partition coefficient (Wildman–Crippen LogP) is -0.537. The number of nitrogens with one attached hydrogen (secondary N) is 1. The summed E-state index contributed by atoms with van der Waals surface area (Å²) >= 11 is 0. The fourth-order valence-corrected chi connectivity index (χ4v) is 1.57. The average molecular weight is 237 g/mol. The largest absolute Gasteiger partial charge is 0.437 e. The Kier molecular flexibility index (Phi) is 4.49. The van der Waals surface area contributed by atoms with E-state index in [9.17, 15) is 13.2 Å². The van der Waals surface area contributed by atoms with Crippen molar-refractivity contribution in [2.45, 2.75) is 12.8 Å². The lowest BCUT2D eigenvalue weighted by molar-refractivity contribution is -0.155. The fraction of sp³-hybridized carbons (Fsp3) is 0.875. The molecule has 1 rings (SSSR count). The van der Waals surface area contributed by atoms with Crippen molar-refractivity contribution < 1.29 is 22.1 Å². The highest BCUT2D eigenvalue weighted by Crippen LogP contribution is 2.13. The lowest BCUT2D eigenvalue weighted by Crippen LogP contribution is -2.33. The van der Waals surface area contributed by atoms with Gasteiger partial charge in [0.1, 0.15) is 0 Å². The van der Waals surface area contributed by atoms with Crippen LogP contribution in [-0.4, -0.2) is 40.5 Å². The zero-order valence-corrected chi connectivity index (χ0v) is 9.38. The standard InChI is InChI=1S/C8H15NO5S/c1-15(11,12)14-6-13-8(10)7-2-4-9-5-3-7/h7,9H,2-6H2,1H3. The van der Waals surface area contributed by atoms with Gasteiger partial charge in [0.2, 0.25) is 6.79 Å². The maximum atomic E-state index is 11.4. The Morgan fingerprint density at radius 2 is 2.00 bits per heavy atom. The maximum Gasteiger partial charge on any atom is 0.311 e. The molecule has 0 saturated carbocycles. The average Bonchev–Trinajstić information content (AvgIpc) is 2.17. The minimum Gasteiger partial charge on any atom is -0.437 e. The third-order valence-corrected chi connectivity index (χ3v) is 2.66. The molecule has 0 aromatic carbocycles. The molecular formula is C8H15NO5S. The molecule has 0 atom stereocenters. The van der Waals surface area contributed by atoms with Crippen LogP contribution in [0.2, 0.25) is 0 Å². The van der Waals surface area contributed by atoms with E-state index in [1.54, 1.807) is 0 Å². The van der Waals surface area contributed by atoms with Crippen LogP contribution in [0.4, 0.5) is 0 Å². The summed E-state index contributed by atoms with van der Waals surface area (Å²) in [5.74, 6) is -0.533. The first kappa shape index (κ1) is 12.4. The number of carbonyl (C=O) groups excluding carboxylic acids is 1. The van der Waals surface area contributed by atoms with Gasteiger partial charge in [-0.05, 0) is 25.9 Å². The highest BCUT2D eigenvalue weighted by Gasteiger charge is 2.22. The quantitative estimate of drug-likeness (QED) is 0.402. The lowest BCUT2D eigenvalue weighted by atomic mass is 9.99. The summed E-state index contributed by atoms with van der Waals surface area (Å²) < 4.78 is 30.1. The first-order chi connectivity index (χ1) is 6.99. The van der Waals surface area contributed by atoms with Gasteiger partial charge in [0, 0.05) is 0 Å². The van der Waals surface area contributed by atoms with Gasteiger partial charge >= 0.3 is 5.97 Å². The third kappa shape index (κ3) is 5.10. The van der Waals surface area contributed by atoms with E-state index < -0.39 is 16.9 Å². The zero-order valence-electron chi connectivity index (χ0n) is 8.56. The summed E-state index contributed by atoms with van der Waals surface area (Å²) in [6.45, 7) is 1.04. The Bertz CT molecular complexity index is 307. The molecule has 88 valence electrons. The molecule has 0 aromatic rings. The molecule has 0 bridgehead atoms. The zero-order chi connectivity index (χ0) is 11.3. The van der Waals surface area contributed by atoms with E-state index in [4.69, 9.17) is 0 Å². The Morgan fingerprint density at radius 1 is 1.40 bits per heavy atom. The van der Waals surface area contributed by atoms with Gasteiger partial charge in [-0.15, -0.1) is 0 Å². The Morgan fingerprint density at radius 3 is 2.53 bits per heavy atom. The van der Waals surface area contributed by atoms with Crippen LogP contribution in [0, 0.1) is 5.92 Å². The van der Waals surface area contributed by atoms with Gasteiger partial charge in [0.05, 0.1) is 12.2 Å². The van der Waals surface area contributed by atoms with Crippen molar-refractivity contribution in [3.05, 3.63) is 0 Å². The fourth-order valence-electron chi connectivity index (χ4n) is 1.35. The summed E-state index contributed by atoms with van der Waals surface area (Å²) in [5.41, 5.74) is 0. The van der Waals surface area contributed by atoms with E-state index in [0.29, 0.717) is 0 Å². The number of esters is 1. The van der Waals surface area contributed by atoms with E-state index in [-0.39, 0.29) is 11.9 Å². The minimum atomic E-state index is -3.54. The minimum absolute atomic E-state index is 0.144. The molecule has 0 aliphatic carbocycles. The first-order valence-electron chi connectivity index (χ1n) is 4.71. The van der Waals surface area contributed by atoms with Crippen molar-refractivity contribution in [3.8, 4) is 0 Å². The molecule has 0 radical (unpaired) electrons. The van der Waals surface area contributed by atoms with Crippen molar-refractivity contribution in [2.75, 3.05) is 26.1 Å². The monoisotopic (exact) mass is 237 g/mol. The SMILES string of the molecule is CS(=O)(=O)OCOC(=O)C1CCNCC1. The smallest absolute Gasteiger partial charge is 0.311 e. The number of rotatable bonds is 4. The maximum absolute atomic E-state index is 11.4. The number of carbonyl (C=O) groups is 1. The molecule has 1 aliphatic heterocycles. The van der Waals surface area contributed by atoms with Crippen molar-refractivity contribution in [2.24, 2.45) is 5.92 Å². The summed E-state index contributed by atoms with van der Waals surface area (Å²) in [6, 6.07) is 0. The molecule has 0 spiro atoms. The van der Waals surface area contributed by atoms with Crippen molar-refractivity contribution in [1.82, 2.24) is 5.32 Å². The van der Waals surface area contributed by atoms with Crippen LogP contribution >= 0.6 is 0 Å². The van der Waals surface area contributed by atoms with Gasteiger partial charge in [0.15, 0.2) is 0 Å². The van der Waals surface area contributed by atoms with Gasteiger partial charge in [-0.25, -0.2) is 4.18 Å². The van der Waals surface area contributed by atoms with E-state index >= 15 is 0 Å². The van der Waals surface area contributed by atoms with Gasteiger partial charge in [0.25, 0.3) is 10.1 Å². The van der Waals surface area contributed by atoms with Crippen LogP contribution in [0.15, 0.2) is 0 Å². The molecule has 0 unspecified atom stereocenters. The number of piperidine rings is 1. The van der Waals surface area contributed by atoms with E-state index in [0.717, 1.165) is 32.2 Å². The molecule has 1 aliphatic rings. The molecule has 1 fully saturated rings. The van der Waals surface area contributed by atoms with Crippen LogP contribution in [0.5, 0.6) is 0 Å². The third-order valence-electron chi connectivity index (χ3n) is 2.14. The topological polar surface area (TPSA) is 81.7 Å². The Hall–Kier alpha value is -0.660. The second kappa shape index (κ2) is 5.43. The Labute approximate surface area is 89.1 Å². The molecule has 1 N–H and O–H groups in total. The van der Waals surface area contributed by atoms with E-state index in [1.165, 1.54) is 0 Å². The van der Waals surface area contributed by atoms with Crippen molar-refractivity contribution >= 4 is 16.1 Å². The number of hydrogen-bond donors (Lipinski definition) is 1. The Balaban J connectivity index is 2.23. The van der Waals surface area contributed by atoms with Gasteiger partial charge in [-0.3, -0.25) is 4.79 Å². The molecular weight excluding hydrogens is 222 g/mol. The van der Waals surface area contributed by atoms with Gasteiger partial charge in [-0.1, -0.05) is 0 Å². The van der Waals surface area contributed by atoms with Crippen LogP contribution < -0.4 is 5.32 Å². The normalized spacial score (nSPS) is 18.7. The number of hydrogen-bond acceptors (Lipinski definition) is 6. The van der Waals surface area contributed by atoms with Crippen molar-refractivity contribution in [1.29, 1.82) is 0 Å². The van der Waals surface area contributed by atoms with Gasteiger partial charge < -0.3 is 10.1 Å². The van der Waals surface area contributed by atoms with Crippen LogP contribution in [0.3, 0.4) is 0 Å². The van der Waals surface area contributed by atoms with Crippen molar-refractivity contribution in [3.63, 3.8) is 0 Å². The van der Waals surface area contributed by atoms with E-state index in [2.05, 4.69) is 14.2 Å². The first-order valence-corrected chi connectivity index (χ1v) is 6.52. The van der Waals surface area contributed by atoms with Crippen LogP contribution in [0.1, 0.15) is 12.8 Å². The molecule has 6 nitrogen and oxygen atoms in total. The van der Waals surface area contributed by atoms with Crippen LogP contribution in [-0.2, 0) is 23.8 Å². The molecule has 15 heavy (non-hydrogen) atoms. The molecule has 1 heterocycles. The second-order valence-electron chi connectivity index (χ2n) is 3.43. The van der Waals surface area contributed by atoms with Crippen LogP contribution in [0.25, 0.3) is 0 Å². The van der Waals surface area contributed by atoms with E-state index in [1.807, 2.05) is 0 Å². The summed E-state index contributed by atoms with van der Waals surface area (Å²) in [4.78, 5) is 11.4. The highest BCUT2D eigenvalue weighted by atomic mass is 32.2. The molecule has 0 amide bonds. The summed E-state index contributed by atoms with van der Waals surface area (Å²) in [7, 11) is -3.54. The predicted molar refractivity (Wildman–Crippen MR) is 52.5 cm³/mol. The van der Waals surface area contributed by atoms with Gasteiger partial charge in [-0.2, -0.15) is 8.42 Å². The highest BCUT2D eigenvalue weighted by molar-refractivity contribution is 7.85. The summed E-state index contributed by atoms with van der Waals surface area (Å²) in [6.07, 6.45) is 2.35. The molecule has 7 heteroatoms. The molecule has 1 saturated heterocycles.